The van der Waals surface area contributed by atoms with Crippen LogP contribution in [0.3, 0.4) is 0 Å². The van der Waals surface area contributed by atoms with Crippen LogP contribution in [-0.2, 0) is 19.4 Å². The molecule has 0 aromatic rings. The van der Waals surface area contributed by atoms with Gasteiger partial charge in [0.15, 0.2) is 6.73 Å². The molecular formula is C7H9NO4. The van der Waals surface area contributed by atoms with Gasteiger partial charge in [-0.1, -0.05) is 0 Å². The third kappa shape index (κ3) is 1.90. The number of rotatable bonds is 4. The Morgan fingerprint density at radius 3 is 2.33 bits per heavy atom. The molecule has 0 spiro atoms. The van der Waals surface area contributed by atoms with Crippen LogP contribution in [0.5, 0.6) is 0 Å². The molecule has 0 aliphatic carbocycles. The Morgan fingerprint density at radius 1 is 1.25 bits per heavy atom. The molecule has 0 N–H and O–H groups in total. The SMILES string of the molecule is CCOOCN1C(=O)C=CC1=O. The Hall–Kier alpha value is -1.20. The van der Waals surface area contributed by atoms with Gasteiger partial charge in [-0.2, -0.15) is 0 Å². The molecule has 5 nitrogen and oxygen atoms in total. The number of amides is 2. The molecule has 1 heterocycles. The first-order chi connectivity index (χ1) is 5.75. The Bertz CT molecular complexity index is 205. The lowest BCUT2D eigenvalue weighted by atomic mass is 10.6. The fourth-order valence-electron chi connectivity index (χ4n) is 0.732. The quantitative estimate of drug-likeness (QED) is 0.255. The predicted octanol–water partition coefficient (Wildman–Crippen LogP) is -0.163. The van der Waals surface area contributed by atoms with Crippen molar-refractivity contribution in [1.82, 2.24) is 4.90 Å². The van der Waals surface area contributed by atoms with Crippen LogP contribution < -0.4 is 0 Å². The van der Waals surface area contributed by atoms with E-state index in [1.54, 1.807) is 6.92 Å². The molecule has 0 aromatic carbocycles. The maximum Gasteiger partial charge on any atom is 0.255 e. The lowest BCUT2D eigenvalue weighted by Gasteiger charge is -2.11. The smallest absolute Gasteiger partial charge is 0.255 e. The van der Waals surface area contributed by atoms with Gasteiger partial charge in [0, 0.05) is 12.2 Å². The van der Waals surface area contributed by atoms with E-state index >= 15 is 0 Å². The van der Waals surface area contributed by atoms with Gasteiger partial charge < -0.3 is 0 Å². The van der Waals surface area contributed by atoms with Crippen LogP contribution in [0.2, 0.25) is 0 Å². The van der Waals surface area contributed by atoms with E-state index in [2.05, 4.69) is 9.78 Å². The van der Waals surface area contributed by atoms with Gasteiger partial charge in [0.2, 0.25) is 0 Å². The van der Waals surface area contributed by atoms with Crippen molar-refractivity contribution in [1.29, 1.82) is 0 Å². The summed E-state index contributed by atoms with van der Waals surface area (Å²) in [5.74, 6) is -0.751. The molecule has 0 fully saturated rings. The second-order valence-corrected chi connectivity index (χ2v) is 2.09. The molecule has 0 unspecified atom stereocenters. The zero-order chi connectivity index (χ0) is 8.97. The van der Waals surface area contributed by atoms with E-state index in [1.807, 2.05) is 0 Å². The number of imide groups is 1. The zero-order valence-electron chi connectivity index (χ0n) is 6.65. The van der Waals surface area contributed by atoms with Crippen molar-refractivity contribution in [2.75, 3.05) is 13.3 Å². The van der Waals surface area contributed by atoms with Crippen molar-refractivity contribution >= 4 is 11.8 Å². The Balaban J connectivity index is 2.33. The highest BCUT2D eigenvalue weighted by atomic mass is 17.2. The first-order valence-corrected chi connectivity index (χ1v) is 3.53. The van der Waals surface area contributed by atoms with E-state index in [9.17, 15) is 9.59 Å². The molecule has 0 atom stereocenters. The summed E-state index contributed by atoms with van der Waals surface area (Å²) in [6, 6.07) is 0. The molecular weight excluding hydrogens is 162 g/mol. The van der Waals surface area contributed by atoms with E-state index in [1.165, 1.54) is 12.2 Å². The summed E-state index contributed by atoms with van der Waals surface area (Å²) < 4.78 is 0. The van der Waals surface area contributed by atoms with Gasteiger partial charge in [-0.3, -0.25) is 9.59 Å². The summed E-state index contributed by atoms with van der Waals surface area (Å²) in [5.41, 5.74) is 0. The van der Waals surface area contributed by atoms with E-state index in [0.29, 0.717) is 6.61 Å². The number of hydrogen-bond donors (Lipinski definition) is 0. The number of nitrogens with zero attached hydrogens (tertiary/aromatic N) is 1. The van der Waals surface area contributed by atoms with Crippen LogP contribution in [0.1, 0.15) is 6.92 Å². The topological polar surface area (TPSA) is 55.8 Å². The average Bonchev–Trinajstić information content (AvgIpc) is 2.35. The van der Waals surface area contributed by atoms with Gasteiger partial charge >= 0.3 is 0 Å². The largest absolute Gasteiger partial charge is 0.269 e. The van der Waals surface area contributed by atoms with Gasteiger partial charge in [-0.05, 0) is 6.92 Å². The normalized spacial score (nSPS) is 16.2. The average molecular weight is 171 g/mol. The van der Waals surface area contributed by atoms with Crippen molar-refractivity contribution in [3.05, 3.63) is 12.2 Å². The molecule has 0 radical (unpaired) electrons. The first-order valence-electron chi connectivity index (χ1n) is 3.53. The molecule has 0 saturated carbocycles. The van der Waals surface area contributed by atoms with Gasteiger partial charge in [0.1, 0.15) is 0 Å². The standard InChI is InChI=1S/C7H9NO4/c1-2-11-12-5-8-6(9)3-4-7(8)10/h3-4H,2,5H2,1H3. The molecule has 66 valence electrons. The summed E-state index contributed by atoms with van der Waals surface area (Å²) in [5, 5.41) is 0. The summed E-state index contributed by atoms with van der Waals surface area (Å²) in [6.07, 6.45) is 2.38. The van der Waals surface area contributed by atoms with Crippen LogP contribution in [0.25, 0.3) is 0 Å². The van der Waals surface area contributed by atoms with Crippen LogP contribution in [-0.4, -0.2) is 30.1 Å². The second-order valence-electron chi connectivity index (χ2n) is 2.09. The Kier molecular flexibility index (Phi) is 2.95. The third-order valence-electron chi connectivity index (χ3n) is 1.28. The minimum absolute atomic E-state index is 0.154. The fourth-order valence-corrected chi connectivity index (χ4v) is 0.732. The summed E-state index contributed by atoms with van der Waals surface area (Å²) in [6.45, 7) is 1.97. The molecule has 1 rings (SSSR count). The van der Waals surface area contributed by atoms with Crippen molar-refractivity contribution in [2.24, 2.45) is 0 Å². The summed E-state index contributed by atoms with van der Waals surface area (Å²) in [4.78, 5) is 31.7. The molecule has 5 heteroatoms. The van der Waals surface area contributed by atoms with E-state index in [-0.39, 0.29) is 18.5 Å². The lowest BCUT2D eigenvalue weighted by Crippen LogP contribution is -2.32. The molecule has 0 bridgehead atoms. The van der Waals surface area contributed by atoms with Crippen LogP contribution in [0, 0.1) is 0 Å². The van der Waals surface area contributed by atoms with Crippen molar-refractivity contribution < 1.29 is 19.4 Å². The highest BCUT2D eigenvalue weighted by Gasteiger charge is 2.23. The third-order valence-corrected chi connectivity index (χ3v) is 1.28. The van der Waals surface area contributed by atoms with Crippen LogP contribution in [0.15, 0.2) is 12.2 Å². The van der Waals surface area contributed by atoms with Gasteiger partial charge in [0.05, 0.1) is 6.61 Å². The maximum atomic E-state index is 10.9. The highest BCUT2D eigenvalue weighted by Crippen LogP contribution is 2.02. The Labute approximate surface area is 69.5 Å². The molecule has 1 aliphatic rings. The Morgan fingerprint density at radius 2 is 1.83 bits per heavy atom. The van der Waals surface area contributed by atoms with E-state index in [0.717, 1.165) is 4.90 Å². The van der Waals surface area contributed by atoms with Gasteiger partial charge in [-0.15, -0.1) is 0 Å². The highest BCUT2D eigenvalue weighted by molar-refractivity contribution is 6.12. The second kappa shape index (κ2) is 3.99. The fraction of sp³-hybridized carbons (Fsp3) is 0.429. The van der Waals surface area contributed by atoms with Crippen LogP contribution in [0.4, 0.5) is 0 Å². The lowest BCUT2D eigenvalue weighted by molar-refractivity contribution is -0.306. The number of carbonyl (C=O) groups is 2. The predicted molar refractivity (Wildman–Crippen MR) is 38.6 cm³/mol. The maximum absolute atomic E-state index is 10.9. The monoisotopic (exact) mass is 171 g/mol. The van der Waals surface area contributed by atoms with E-state index < -0.39 is 0 Å². The van der Waals surface area contributed by atoms with Crippen molar-refractivity contribution in [3.8, 4) is 0 Å². The summed E-state index contributed by atoms with van der Waals surface area (Å²) in [7, 11) is 0. The van der Waals surface area contributed by atoms with Crippen molar-refractivity contribution in [2.45, 2.75) is 6.92 Å². The van der Waals surface area contributed by atoms with E-state index in [4.69, 9.17) is 0 Å². The molecule has 1 aliphatic heterocycles. The summed E-state index contributed by atoms with van der Waals surface area (Å²) >= 11 is 0. The van der Waals surface area contributed by atoms with Crippen LogP contribution >= 0.6 is 0 Å². The minimum atomic E-state index is -0.375. The zero-order valence-corrected chi connectivity index (χ0v) is 6.65. The molecule has 0 aromatic heterocycles. The molecule has 0 saturated heterocycles. The number of hydrogen-bond acceptors (Lipinski definition) is 4. The van der Waals surface area contributed by atoms with Gasteiger partial charge in [0.25, 0.3) is 11.8 Å². The minimum Gasteiger partial charge on any atom is -0.269 e. The number of carbonyl (C=O) groups excluding carboxylic acids is 2. The molecule has 2 amide bonds. The van der Waals surface area contributed by atoms with Gasteiger partial charge in [-0.25, -0.2) is 14.7 Å². The first kappa shape index (κ1) is 8.89. The van der Waals surface area contributed by atoms with Crippen molar-refractivity contribution in [3.63, 3.8) is 0 Å². The molecule has 12 heavy (non-hydrogen) atoms.